The molecule has 0 radical (unpaired) electrons. The van der Waals surface area contributed by atoms with Gasteiger partial charge in [0.05, 0.1) is 64.0 Å². The van der Waals surface area contributed by atoms with Crippen LogP contribution in [0, 0.1) is 71.0 Å². The van der Waals surface area contributed by atoms with E-state index in [1.165, 1.54) is 49.7 Å². The summed E-state index contributed by atoms with van der Waals surface area (Å²) in [6, 6.07) is 71.6. The van der Waals surface area contributed by atoms with E-state index in [4.69, 9.17) is 48.4 Å². The van der Waals surface area contributed by atoms with Crippen molar-refractivity contribution in [2.45, 2.75) is 137 Å². The molecule has 27 heteroatoms. The lowest BCUT2D eigenvalue weighted by molar-refractivity contribution is -0.146. The first-order chi connectivity index (χ1) is 56.9. The Morgan fingerprint density at radius 2 is 0.836 bits per heavy atom. The van der Waals surface area contributed by atoms with Crippen LogP contribution in [-0.2, 0) is 39.2 Å². The Labute approximate surface area is 742 Å². The van der Waals surface area contributed by atoms with Gasteiger partial charge >= 0.3 is 30.0 Å². The maximum absolute atomic E-state index is 13.9. The quantitative estimate of drug-likeness (QED) is 0.0179. The molecule has 0 saturated carbocycles. The molecule has 2 fully saturated rings. The van der Waals surface area contributed by atoms with E-state index in [1.807, 2.05) is 151 Å². The summed E-state index contributed by atoms with van der Waals surface area (Å²) in [4.78, 5) is 108. The number of nitrogens with zero attached hydrogens (tertiary/aromatic N) is 10. The third-order valence-corrected chi connectivity index (χ3v) is 19.5. The number of esters is 2. The molecule has 5 amide bonds. The lowest BCUT2D eigenvalue weighted by atomic mass is 9.83. The van der Waals surface area contributed by atoms with Crippen LogP contribution in [0.4, 0.5) is 77.8 Å². The third kappa shape index (κ3) is 27.9. The van der Waals surface area contributed by atoms with Crippen molar-refractivity contribution in [2.75, 3.05) is 44.5 Å². The van der Waals surface area contributed by atoms with Crippen molar-refractivity contribution in [3.05, 3.63) is 341 Å². The molecule has 12 rings (SSSR count). The first kappa shape index (κ1) is 101. The van der Waals surface area contributed by atoms with E-state index in [0.717, 1.165) is 32.5 Å². The summed E-state index contributed by atoms with van der Waals surface area (Å²) in [5.41, 5.74) is 12.2. The summed E-state index contributed by atoms with van der Waals surface area (Å²) in [6.45, 7) is 62.0. The zero-order valence-corrected chi connectivity index (χ0v) is 75.4. The minimum absolute atomic E-state index is 0. The molecule has 1 atom stereocenters. The van der Waals surface area contributed by atoms with Gasteiger partial charge < -0.3 is 36.1 Å². The number of aliphatic carboxylic acids is 1. The number of hydrogen-bond donors (Lipinski definition) is 5. The predicted molar refractivity (Wildman–Crippen MR) is 498 cm³/mol. The van der Waals surface area contributed by atoms with Gasteiger partial charge in [-0.15, -0.1) is 12.4 Å². The highest BCUT2D eigenvalue weighted by atomic mass is 127. The van der Waals surface area contributed by atoms with Gasteiger partial charge in [-0.3, -0.25) is 24.3 Å². The molecule has 0 aliphatic carbocycles. The van der Waals surface area contributed by atoms with Crippen LogP contribution in [-0.4, -0.2) is 94.1 Å². The van der Waals surface area contributed by atoms with Gasteiger partial charge in [0.1, 0.15) is 22.2 Å². The molecule has 122 heavy (non-hydrogen) atoms. The molecular weight excluding hydrogens is 1740 g/mol. The Morgan fingerprint density at radius 3 is 1.20 bits per heavy atom. The number of isocyanates is 1. The number of aliphatic hydroxyl groups is 1. The standard InChI is InChI=1S/C26H22N4O2.C19H17N3O2.C12H17NO2.C11H15NO2.C8H4N2O.C7H4BrN.C7H7I.C5H11NO2.ClH/c1-18-9-13-22(14-10-18)29-24(31)30(23-15-11-20(27-4)12-16-23)26(32,25(29,2)3)19-7-6-8-21(17-19)28-5;1-13-5-9-16(10-6-13)22-18(24)21(17(23)19(22,2)3)15-11-7-14(20-4)8-12-15;1-9-5-7-10(8-6-9)13-12(2,3)11(14)15-4;1-8-4-6-9(7-5-8)12-11(2,3)10(13)14;1-9-7-2-4-8(5-3-7)10-6-11;1-9-7-4-2-3-6(8)5-7;1-6-2-4-7(8)5-3-6;1-5(2,6)4(7)8-3;/h6-17,32H,1-3H3;5-12H,1-3H3;5-8,13H,1-4H3;4-7,12H,1-3H3,(H,13,14);2-5H;2-5H;2-5H,1H3;6H2,1-3H3;1H. The number of carbonyl (C=O) groups excluding carboxylic acids is 6. The number of nitrogens with one attached hydrogen (secondary N) is 2. The fraction of sp³-hybridized carbons (Fsp3) is 0.242. The largest absolute Gasteiger partial charge is 0.480 e. The first-order valence-electron chi connectivity index (χ1n) is 37.3. The monoisotopic (exact) mass is 1840 g/mol. The number of imide groups is 1. The van der Waals surface area contributed by atoms with Gasteiger partial charge in [0.25, 0.3) is 5.91 Å². The van der Waals surface area contributed by atoms with Gasteiger partial charge in [0, 0.05) is 36.5 Å². The number of rotatable bonds is 13. The molecule has 0 spiro atoms. The molecular formula is C95H98BrClIN13O11. The maximum Gasteiger partial charge on any atom is 0.336 e. The van der Waals surface area contributed by atoms with E-state index in [-0.39, 0.29) is 30.3 Å². The van der Waals surface area contributed by atoms with Gasteiger partial charge in [-0.2, -0.15) is 4.99 Å². The molecule has 2 saturated heterocycles. The molecule has 2 aliphatic heterocycles. The van der Waals surface area contributed by atoms with E-state index >= 15 is 0 Å². The van der Waals surface area contributed by atoms with Gasteiger partial charge in [-0.05, 0) is 241 Å². The molecule has 24 nitrogen and oxygen atoms in total. The fourth-order valence-corrected chi connectivity index (χ4v) is 12.2. The summed E-state index contributed by atoms with van der Waals surface area (Å²) < 4.78 is 11.3. The van der Waals surface area contributed by atoms with E-state index in [1.54, 1.807) is 169 Å². The maximum atomic E-state index is 13.9. The number of benzene rings is 10. The number of carbonyl (C=O) groups is 6. The van der Waals surface area contributed by atoms with Crippen LogP contribution in [0.2, 0.25) is 0 Å². The van der Waals surface area contributed by atoms with Crippen LogP contribution in [0.1, 0.15) is 103 Å². The smallest absolute Gasteiger partial charge is 0.336 e. The summed E-state index contributed by atoms with van der Waals surface area (Å²) in [5.74, 6) is -1.82. The van der Waals surface area contributed by atoms with Crippen molar-refractivity contribution in [3.8, 4) is 0 Å². The summed E-state index contributed by atoms with van der Waals surface area (Å²) >= 11 is 5.56. The number of anilines is 6. The van der Waals surface area contributed by atoms with Crippen molar-refractivity contribution < 1.29 is 53.2 Å². The van der Waals surface area contributed by atoms with E-state index < -0.39 is 51.4 Å². The molecule has 10 aromatic rings. The van der Waals surface area contributed by atoms with Gasteiger partial charge in [0.15, 0.2) is 34.2 Å². The van der Waals surface area contributed by atoms with Crippen molar-refractivity contribution in [3.63, 3.8) is 0 Å². The lowest BCUT2D eigenvalue weighted by Crippen LogP contribution is -2.56. The van der Waals surface area contributed by atoms with E-state index in [0.29, 0.717) is 62.4 Å². The fourth-order valence-electron chi connectivity index (χ4n) is 11.5. The van der Waals surface area contributed by atoms with Crippen molar-refractivity contribution in [1.29, 1.82) is 0 Å². The molecule has 0 bridgehead atoms. The third-order valence-electron chi connectivity index (χ3n) is 18.3. The number of methoxy groups -OCH3 is 2. The zero-order valence-electron chi connectivity index (χ0n) is 70.9. The Hall–Kier alpha value is -13.3. The molecule has 2 heterocycles. The number of carboxylic acid groups (broad SMARTS) is 1. The highest BCUT2D eigenvalue weighted by Gasteiger charge is 2.64. The van der Waals surface area contributed by atoms with Crippen molar-refractivity contribution in [1.82, 2.24) is 0 Å². The number of halogens is 3. The number of ether oxygens (including phenoxy) is 2. The van der Waals surface area contributed by atoms with Crippen molar-refractivity contribution >= 4 is 161 Å². The normalized spacial score (nSPS) is 13.6. The lowest BCUT2D eigenvalue weighted by Gasteiger charge is -2.43. The first-order valence-corrected chi connectivity index (χ1v) is 39.2. The average molecular weight is 1840 g/mol. The summed E-state index contributed by atoms with van der Waals surface area (Å²) in [7, 11) is 2.71. The second-order valence-electron chi connectivity index (χ2n) is 30.1. The SMILES string of the molecule is COC(=O)C(C)(C)N.COC(=O)C(C)(C)Nc1ccc(C)cc1.Cc1ccc(I)cc1.Cc1ccc(NC(C)(C)C(=O)O)cc1.Cl.[C-]#[N+]c1ccc(N2C(=O)N(c3ccc(C)cc3)C(C)(C)C2(O)c2cccc([N+]#[C-])c2)cc1.[C-]#[N+]c1ccc(N2C(=O)N(c3ccc(C)cc3)C(C)(C)C2=O)cc1.[C-]#[N+]c1ccc(N=C=O)cc1.[C-]#[N+]c1cccc(Br)c1. The van der Waals surface area contributed by atoms with Gasteiger partial charge in [-0.1, -0.05) is 177 Å². The minimum atomic E-state index is -1.78. The van der Waals surface area contributed by atoms with Gasteiger partial charge in [-0.25, -0.2) is 53.1 Å². The molecule has 2 aliphatic rings. The molecule has 6 N–H and O–H groups in total. The number of aryl methyl sites for hydroxylation is 5. The van der Waals surface area contributed by atoms with Crippen molar-refractivity contribution in [2.24, 2.45) is 10.7 Å². The Bertz CT molecular complexity index is 5500. The number of urea groups is 2. The topological polar surface area (TPSA) is 276 Å². The van der Waals surface area contributed by atoms with E-state index in [9.17, 15) is 38.7 Å². The molecule has 1 unspecified atom stereocenters. The predicted octanol–water partition coefficient (Wildman–Crippen LogP) is 23.2. The highest BCUT2D eigenvalue weighted by Crippen LogP contribution is 2.51. The second kappa shape index (κ2) is 45.7. The van der Waals surface area contributed by atoms with Crippen LogP contribution < -0.4 is 36.0 Å². The summed E-state index contributed by atoms with van der Waals surface area (Å²) in [5, 5.41) is 27.3. The highest BCUT2D eigenvalue weighted by molar-refractivity contribution is 14.1. The van der Waals surface area contributed by atoms with E-state index in [2.05, 4.69) is 114 Å². The van der Waals surface area contributed by atoms with Crippen LogP contribution in [0.25, 0.3) is 24.2 Å². The number of nitrogens with two attached hydrogens (primary N) is 1. The number of aliphatic imine (C=N–C) groups is 1. The van der Waals surface area contributed by atoms with Crippen LogP contribution in [0.3, 0.4) is 0 Å². The van der Waals surface area contributed by atoms with Crippen LogP contribution >= 0.6 is 50.9 Å². The average Bonchev–Trinajstić information content (AvgIpc) is 1.54. The Balaban J connectivity index is 0.000000309. The minimum Gasteiger partial charge on any atom is -0.480 e. The van der Waals surface area contributed by atoms with Gasteiger partial charge in [0.2, 0.25) is 6.08 Å². The van der Waals surface area contributed by atoms with Crippen LogP contribution in [0.5, 0.6) is 0 Å². The number of hydrogen-bond acceptors (Lipinski definition) is 14. The Kier molecular flexibility index (Phi) is 37.9. The number of carboxylic acids is 1. The molecule has 10 aromatic carbocycles. The summed E-state index contributed by atoms with van der Waals surface area (Å²) in [6.07, 6.45) is 1.42. The zero-order chi connectivity index (χ0) is 90.4. The second-order valence-corrected chi connectivity index (χ2v) is 32.2. The number of amides is 5. The molecule has 0 aromatic heterocycles. The Morgan fingerprint density at radius 1 is 0.484 bits per heavy atom. The molecule has 630 valence electrons. The van der Waals surface area contributed by atoms with Crippen LogP contribution in [0.15, 0.2) is 252 Å².